The molecule has 2 heterocycles. The summed E-state index contributed by atoms with van der Waals surface area (Å²) in [7, 11) is 0. The highest BCUT2D eigenvalue weighted by Gasteiger charge is 2.39. The smallest absolute Gasteiger partial charge is 0.254 e. The number of hydrogen-bond donors (Lipinski definition) is 0. The molecule has 0 saturated carbocycles. The van der Waals surface area contributed by atoms with Gasteiger partial charge in [-0.3, -0.25) is 14.5 Å². The van der Waals surface area contributed by atoms with Crippen LogP contribution in [0.2, 0.25) is 0 Å². The fraction of sp³-hybridized carbons (Fsp3) is 0.286. The van der Waals surface area contributed by atoms with Crippen LogP contribution in [0.25, 0.3) is 0 Å². The molecule has 180 valence electrons. The van der Waals surface area contributed by atoms with Crippen LogP contribution in [-0.2, 0) is 4.79 Å². The van der Waals surface area contributed by atoms with Gasteiger partial charge in [0.2, 0.25) is 5.91 Å². The summed E-state index contributed by atoms with van der Waals surface area (Å²) in [5, 5.41) is 0. The number of hydrogen-bond acceptors (Lipinski definition) is 3. The lowest BCUT2D eigenvalue weighted by Crippen LogP contribution is -2.59. The summed E-state index contributed by atoms with van der Waals surface area (Å²) in [5.74, 6) is -2.62. The zero-order valence-electron chi connectivity index (χ0n) is 19.3. The lowest BCUT2D eigenvalue weighted by Gasteiger charge is -2.44. The second kappa shape index (κ2) is 9.96. The van der Waals surface area contributed by atoms with Gasteiger partial charge in [0, 0.05) is 44.8 Å². The Labute approximate surface area is 203 Å². The monoisotopic (exact) mass is 475 g/mol. The van der Waals surface area contributed by atoms with Crippen LogP contribution in [0.4, 0.5) is 8.78 Å². The van der Waals surface area contributed by atoms with E-state index < -0.39 is 11.6 Å². The van der Waals surface area contributed by atoms with Gasteiger partial charge < -0.3 is 9.80 Å². The molecule has 0 unspecified atom stereocenters. The Kier molecular flexibility index (Phi) is 6.59. The molecule has 0 atom stereocenters. The first-order valence-electron chi connectivity index (χ1n) is 11.9. The minimum Gasteiger partial charge on any atom is -0.340 e. The molecule has 0 bridgehead atoms. The number of carbonyl (C=O) groups excluding carboxylic acids is 2. The maximum atomic E-state index is 13.5. The van der Waals surface area contributed by atoms with Crippen LogP contribution < -0.4 is 0 Å². The highest BCUT2D eigenvalue weighted by Crippen LogP contribution is 2.30. The van der Waals surface area contributed by atoms with Crippen molar-refractivity contribution >= 4 is 11.8 Å². The van der Waals surface area contributed by atoms with E-state index >= 15 is 0 Å². The lowest BCUT2D eigenvalue weighted by atomic mass is 9.95. The SMILES string of the molecule is O=C(c1ccc(F)c(F)c1)N1CC(C(=O)N2CCN(C(c3ccccc3)c3ccccc3)CC2)C1. The van der Waals surface area contributed by atoms with Crippen molar-refractivity contribution in [3.8, 4) is 0 Å². The number of nitrogens with zero attached hydrogens (tertiary/aromatic N) is 3. The van der Waals surface area contributed by atoms with Crippen molar-refractivity contribution in [2.75, 3.05) is 39.3 Å². The molecule has 5 rings (SSSR count). The summed E-state index contributed by atoms with van der Waals surface area (Å²) in [4.78, 5) is 31.4. The van der Waals surface area contributed by atoms with Gasteiger partial charge >= 0.3 is 0 Å². The number of likely N-dealkylation sites (tertiary alicyclic amines) is 1. The summed E-state index contributed by atoms with van der Waals surface area (Å²) in [5.41, 5.74) is 2.55. The first-order valence-corrected chi connectivity index (χ1v) is 11.9. The predicted octanol–water partition coefficient (Wildman–Crippen LogP) is 3.97. The fourth-order valence-electron chi connectivity index (χ4n) is 4.96. The van der Waals surface area contributed by atoms with Gasteiger partial charge in [-0.1, -0.05) is 60.7 Å². The first-order chi connectivity index (χ1) is 17.0. The Morgan fingerprint density at radius 1 is 0.714 bits per heavy atom. The molecule has 0 spiro atoms. The Morgan fingerprint density at radius 3 is 1.83 bits per heavy atom. The summed E-state index contributed by atoms with van der Waals surface area (Å²) < 4.78 is 26.6. The fourth-order valence-corrected chi connectivity index (χ4v) is 4.96. The summed E-state index contributed by atoms with van der Waals surface area (Å²) >= 11 is 0. The molecular weight excluding hydrogens is 448 g/mol. The molecule has 3 aromatic rings. The van der Waals surface area contributed by atoms with E-state index in [9.17, 15) is 18.4 Å². The molecule has 3 aromatic carbocycles. The second-order valence-electron chi connectivity index (χ2n) is 9.12. The van der Waals surface area contributed by atoms with E-state index in [1.54, 1.807) is 0 Å². The zero-order valence-corrected chi connectivity index (χ0v) is 19.3. The van der Waals surface area contributed by atoms with Gasteiger partial charge in [-0.15, -0.1) is 0 Å². The molecular formula is C28H27F2N3O2. The molecule has 2 amide bonds. The molecule has 0 aromatic heterocycles. The first kappa shape index (κ1) is 23.2. The third-order valence-electron chi connectivity index (χ3n) is 6.91. The van der Waals surface area contributed by atoms with E-state index in [-0.39, 0.29) is 29.3 Å². The van der Waals surface area contributed by atoms with Crippen molar-refractivity contribution in [3.05, 3.63) is 107 Å². The van der Waals surface area contributed by atoms with Crippen molar-refractivity contribution in [2.24, 2.45) is 5.92 Å². The third kappa shape index (κ3) is 4.82. The van der Waals surface area contributed by atoms with Crippen LogP contribution in [-0.4, -0.2) is 65.8 Å². The van der Waals surface area contributed by atoms with E-state index in [2.05, 4.69) is 53.4 Å². The minimum atomic E-state index is -1.05. The molecule has 2 aliphatic heterocycles. The highest BCUT2D eigenvalue weighted by molar-refractivity contribution is 5.96. The highest BCUT2D eigenvalue weighted by atomic mass is 19.2. The largest absolute Gasteiger partial charge is 0.340 e. The maximum absolute atomic E-state index is 13.5. The van der Waals surface area contributed by atoms with Crippen LogP contribution >= 0.6 is 0 Å². The van der Waals surface area contributed by atoms with Crippen LogP contribution in [0.15, 0.2) is 78.9 Å². The van der Waals surface area contributed by atoms with E-state index in [4.69, 9.17) is 0 Å². The molecule has 2 aliphatic rings. The second-order valence-corrected chi connectivity index (χ2v) is 9.12. The zero-order chi connectivity index (χ0) is 24.4. The number of halogens is 2. The summed E-state index contributed by atoms with van der Waals surface area (Å²) in [6, 6.07) is 24.0. The normalized spacial score (nSPS) is 16.9. The number of rotatable bonds is 5. The molecule has 35 heavy (non-hydrogen) atoms. The average Bonchev–Trinajstić information content (AvgIpc) is 2.86. The Balaban J connectivity index is 1.18. The van der Waals surface area contributed by atoms with Gasteiger partial charge in [0.05, 0.1) is 12.0 Å². The van der Waals surface area contributed by atoms with Gasteiger partial charge in [-0.2, -0.15) is 0 Å². The van der Waals surface area contributed by atoms with Gasteiger partial charge in [0.1, 0.15) is 0 Å². The molecule has 2 fully saturated rings. The van der Waals surface area contributed by atoms with Gasteiger partial charge in [0.15, 0.2) is 11.6 Å². The van der Waals surface area contributed by atoms with Gasteiger partial charge in [-0.05, 0) is 29.3 Å². The number of amides is 2. The van der Waals surface area contributed by atoms with Crippen LogP contribution in [0.1, 0.15) is 27.5 Å². The van der Waals surface area contributed by atoms with E-state index in [1.165, 1.54) is 22.1 Å². The van der Waals surface area contributed by atoms with Gasteiger partial charge in [0.25, 0.3) is 5.91 Å². The van der Waals surface area contributed by atoms with Crippen molar-refractivity contribution in [2.45, 2.75) is 6.04 Å². The van der Waals surface area contributed by atoms with E-state index in [0.29, 0.717) is 26.2 Å². The Bertz CT molecular complexity index is 1150. The van der Waals surface area contributed by atoms with E-state index in [0.717, 1.165) is 25.2 Å². The molecule has 0 aliphatic carbocycles. The Hall–Kier alpha value is -3.58. The molecule has 2 saturated heterocycles. The standard InChI is InChI=1S/C28H27F2N3O2/c29-24-12-11-22(17-25(24)30)27(34)33-18-23(19-33)28(35)32-15-13-31(14-16-32)26(20-7-3-1-4-8-20)21-9-5-2-6-10-21/h1-12,17,23,26H,13-16,18-19H2. The summed E-state index contributed by atoms with van der Waals surface area (Å²) in [6.45, 7) is 3.36. The summed E-state index contributed by atoms with van der Waals surface area (Å²) in [6.07, 6.45) is 0. The third-order valence-corrected chi connectivity index (χ3v) is 6.91. The molecule has 5 nitrogen and oxygen atoms in total. The van der Waals surface area contributed by atoms with Crippen LogP contribution in [0.5, 0.6) is 0 Å². The maximum Gasteiger partial charge on any atom is 0.254 e. The van der Waals surface area contributed by atoms with Crippen LogP contribution in [0, 0.1) is 17.6 Å². The molecule has 0 radical (unpaired) electrons. The Morgan fingerprint density at radius 2 is 1.29 bits per heavy atom. The van der Waals surface area contributed by atoms with Crippen molar-refractivity contribution < 1.29 is 18.4 Å². The topological polar surface area (TPSA) is 43.9 Å². The van der Waals surface area contributed by atoms with Crippen molar-refractivity contribution in [3.63, 3.8) is 0 Å². The van der Waals surface area contributed by atoms with Crippen molar-refractivity contribution in [1.29, 1.82) is 0 Å². The van der Waals surface area contributed by atoms with Crippen molar-refractivity contribution in [1.82, 2.24) is 14.7 Å². The minimum absolute atomic E-state index is 0.0509. The van der Waals surface area contributed by atoms with Gasteiger partial charge in [-0.25, -0.2) is 8.78 Å². The number of benzene rings is 3. The number of carbonyl (C=O) groups is 2. The predicted molar refractivity (Wildman–Crippen MR) is 129 cm³/mol. The average molecular weight is 476 g/mol. The lowest BCUT2D eigenvalue weighted by molar-refractivity contribution is -0.141. The van der Waals surface area contributed by atoms with Crippen LogP contribution in [0.3, 0.4) is 0 Å². The molecule has 0 N–H and O–H groups in total. The number of piperazine rings is 1. The molecule has 7 heteroatoms. The quantitative estimate of drug-likeness (QED) is 0.561. The van der Waals surface area contributed by atoms with E-state index in [1.807, 2.05) is 17.0 Å².